The maximum absolute atomic E-state index is 12.5. The minimum Gasteiger partial charge on any atom is -0.354 e. The van der Waals surface area contributed by atoms with Crippen molar-refractivity contribution in [1.29, 1.82) is 5.41 Å². The molecule has 152 valence electrons. The van der Waals surface area contributed by atoms with Crippen molar-refractivity contribution in [3.8, 4) is 5.69 Å². The molecule has 0 bridgehead atoms. The van der Waals surface area contributed by atoms with Gasteiger partial charge in [0.25, 0.3) is 0 Å². The molecule has 0 unspecified atom stereocenters. The van der Waals surface area contributed by atoms with Crippen LogP contribution in [0.25, 0.3) is 11.4 Å². The smallest absolute Gasteiger partial charge is 0.209 e. The van der Waals surface area contributed by atoms with E-state index in [1.54, 1.807) is 17.0 Å². The number of rotatable bonds is 6. The van der Waals surface area contributed by atoms with Gasteiger partial charge in [0.15, 0.2) is 5.69 Å². The van der Waals surface area contributed by atoms with Crippen LogP contribution in [0.4, 0.5) is 5.69 Å². The summed E-state index contributed by atoms with van der Waals surface area (Å²) in [4.78, 5) is 12.5. The Hall–Kier alpha value is -3.47. The van der Waals surface area contributed by atoms with Crippen molar-refractivity contribution in [3.05, 3.63) is 94.4 Å². The van der Waals surface area contributed by atoms with Gasteiger partial charge in [-0.05, 0) is 54.7 Å². The zero-order chi connectivity index (χ0) is 20.8. The molecular formula is C25H26N4O. The van der Waals surface area contributed by atoms with Gasteiger partial charge in [0, 0.05) is 24.2 Å². The van der Waals surface area contributed by atoms with Gasteiger partial charge in [0.05, 0.1) is 11.4 Å². The number of allylic oxidation sites excluding steroid dienone is 1. The molecule has 1 heterocycles. The van der Waals surface area contributed by atoms with Crippen LogP contribution in [0.15, 0.2) is 77.7 Å². The molecule has 2 aromatic carbocycles. The van der Waals surface area contributed by atoms with E-state index in [2.05, 4.69) is 34.7 Å². The number of benzene rings is 2. The monoisotopic (exact) mass is 398 g/mol. The van der Waals surface area contributed by atoms with Crippen LogP contribution in [0.2, 0.25) is 0 Å². The quantitative estimate of drug-likeness (QED) is 0.548. The zero-order valence-corrected chi connectivity index (χ0v) is 16.9. The van der Waals surface area contributed by atoms with E-state index >= 15 is 0 Å². The van der Waals surface area contributed by atoms with Gasteiger partial charge < -0.3 is 10.7 Å². The van der Waals surface area contributed by atoms with E-state index in [9.17, 15) is 4.79 Å². The van der Waals surface area contributed by atoms with Gasteiger partial charge >= 0.3 is 0 Å². The predicted molar refractivity (Wildman–Crippen MR) is 122 cm³/mol. The first-order valence-electron chi connectivity index (χ1n) is 10.5. The average molecular weight is 399 g/mol. The molecule has 0 amide bonds. The molecule has 0 spiro atoms. The highest BCUT2D eigenvalue weighted by Crippen LogP contribution is 2.32. The van der Waals surface area contributed by atoms with Crippen molar-refractivity contribution in [2.24, 2.45) is 0 Å². The number of aromatic nitrogens is 2. The second-order valence-corrected chi connectivity index (χ2v) is 7.64. The summed E-state index contributed by atoms with van der Waals surface area (Å²) >= 11 is 0. The van der Waals surface area contributed by atoms with E-state index in [0.29, 0.717) is 11.6 Å². The molecule has 1 saturated carbocycles. The zero-order valence-electron chi connectivity index (χ0n) is 16.9. The summed E-state index contributed by atoms with van der Waals surface area (Å²) in [6.07, 6.45) is 10.9. The van der Waals surface area contributed by atoms with Gasteiger partial charge in [-0.1, -0.05) is 49.6 Å². The lowest BCUT2D eigenvalue weighted by Crippen LogP contribution is -2.18. The summed E-state index contributed by atoms with van der Waals surface area (Å²) in [5.74, 6) is 0.655. The first kappa shape index (κ1) is 19.8. The standard InChI is InChI=1S/C25H26N4O/c26-17-15-23(27-21-9-5-2-6-10-21)25-24(30)16-18-29(28-25)22-13-11-20(12-14-22)19-7-3-1-4-8-19/h2,5-6,9-19,26-27H,1,3-4,7-8H2/b23-15-,26-17?. The molecule has 0 saturated heterocycles. The fraction of sp³-hybridized carbons (Fsp3) is 0.240. The normalized spacial score (nSPS) is 15.0. The summed E-state index contributed by atoms with van der Waals surface area (Å²) in [5, 5.41) is 15.3. The first-order valence-corrected chi connectivity index (χ1v) is 10.5. The Morgan fingerprint density at radius 1 is 1.00 bits per heavy atom. The van der Waals surface area contributed by atoms with Gasteiger partial charge in [0.1, 0.15) is 0 Å². The molecule has 3 aromatic rings. The lowest BCUT2D eigenvalue weighted by molar-refractivity contribution is 0.443. The van der Waals surface area contributed by atoms with E-state index in [4.69, 9.17) is 5.41 Å². The van der Waals surface area contributed by atoms with Gasteiger partial charge in [-0.2, -0.15) is 5.10 Å². The molecule has 4 rings (SSSR count). The van der Waals surface area contributed by atoms with Crippen molar-refractivity contribution < 1.29 is 0 Å². The number of nitrogens with zero attached hydrogens (tertiary/aromatic N) is 2. The summed E-state index contributed by atoms with van der Waals surface area (Å²) < 4.78 is 1.71. The first-order chi connectivity index (χ1) is 14.7. The summed E-state index contributed by atoms with van der Waals surface area (Å²) in [6, 6.07) is 19.6. The third kappa shape index (κ3) is 4.57. The fourth-order valence-corrected chi connectivity index (χ4v) is 4.01. The Morgan fingerprint density at radius 3 is 2.43 bits per heavy atom. The van der Waals surface area contributed by atoms with Crippen LogP contribution in [0.3, 0.4) is 0 Å². The van der Waals surface area contributed by atoms with E-state index in [0.717, 1.165) is 17.6 Å². The Balaban J connectivity index is 1.63. The van der Waals surface area contributed by atoms with E-state index in [-0.39, 0.29) is 11.1 Å². The number of anilines is 1. The number of nitrogens with one attached hydrogen (secondary N) is 2. The Bertz CT molecular complexity index is 1080. The Morgan fingerprint density at radius 2 is 1.73 bits per heavy atom. The largest absolute Gasteiger partial charge is 0.354 e. The van der Waals surface area contributed by atoms with Gasteiger partial charge in [0.2, 0.25) is 5.43 Å². The van der Waals surface area contributed by atoms with Gasteiger partial charge in [-0.25, -0.2) is 4.68 Å². The second-order valence-electron chi connectivity index (χ2n) is 7.64. The fourth-order valence-electron chi connectivity index (χ4n) is 4.01. The number of hydrogen-bond acceptors (Lipinski definition) is 4. The van der Waals surface area contributed by atoms with Crippen LogP contribution in [-0.2, 0) is 0 Å². The maximum Gasteiger partial charge on any atom is 0.209 e. The molecule has 0 radical (unpaired) electrons. The third-order valence-corrected chi connectivity index (χ3v) is 5.60. The summed E-state index contributed by atoms with van der Waals surface area (Å²) in [5.41, 5.74) is 3.70. The van der Waals surface area contributed by atoms with Crippen LogP contribution in [0.1, 0.15) is 49.3 Å². The SMILES string of the molecule is N=C/C=C(\Nc1ccccc1)c1nn(-c2ccc(C3CCCCC3)cc2)ccc1=O. The molecule has 0 atom stereocenters. The molecule has 1 aromatic heterocycles. The number of para-hydroxylation sites is 1. The topological polar surface area (TPSA) is 70.8 Å². The minimum atomic E-state index is -0.193. The minimum absolute atomic E-state index is 0.193. The molecule has 2 N–H and O–H groups in total. The summed E-state index contributed by atoms with van der Waals surface area (Å²) in [7, 11) is 0. The van der Waals surface area contributed by atoms with Crippen LogP contribution >= 0.6 is 0 Å². The van der Waals surface area contributed by atoms with E-state index < -0.39 is 0 Å². The van der Waals surface area contributed by atoms with Crippen LogP contribution in [0, 0.1) is 5.41 Å². The lowest BCUT2D eigenvalue weighted by Gasteiger charge is -2.22. The third-order valence-electron chi connectivity index (χ3n) is 5.60. The van der Waals surface area contributed by atoms with Crippen molar-refractivity contribution in [3.63, 3.8) is 0 Å². The highest BCUT2D eigenvalue weighted by atomic mass is 16.1. The Labute approximate surface area is 176 Å². The molecule has 1 fully saturated rings. The van der Waals surface area contributed by atoms with Crippen LogP contribution in [-0.4, -0.2) is 16.0 Å². The molecule has 1 aliphatic carbocycles. The lowest BCUT2D eigenvalue weighted by atomic mass is 9.84. The summed E-state index contributed by atoms with van der Waals surface area (Å²) in [6.45, 7) is 0. The van der Waals surface area contributed by atoms with Crippen molar-refractivity contribution in [1.82, 2.24) is 9.78 Å². The highest BCUT2D eigenvalue weighted by Gasteiger charge is 2.15. The molecule has 5 heteroatoms. The molecule has 0 aliphatic heterocycles. The Kier molecular flexibility index (Phi) is 6.18. The van der Waals surface area contributed by atoms with Gasteiger partial charge in [-0.3, -0.25) is 4.79 Å². The predicted octanol–water partition coefficient (Wildman–Crippen LogP) is 5.38. The van der Waals surface area contributed by atoms with Gasteiger partial charge in [-0.15, -0.1) is 0 Å². The van der Waals surface area contributed by atoms with E-state index in [1.807, 2.05) is 30.3 Å². The highest BCUT2D eigenvalue weighted by molar-refractivity contribution is 5.86. The van der Waals surface area contributed by atoms with Crippen molar-refractivity contribution >= 4 is 17.6 Å². The average Bonchev–Trinajstić information content (AvgIpc) is 2.81. The second kappa shape index (κ2) is 9.35. The van der Waals surface area contributed by atoms with Crippen LogP contribution < -0.4 is 10.7 Å². The maximum atomic E-state index is 12.5. The van der Waals surface area contributed by atoms with E-state index in [1.165, 1.54) is 43.7 Å². The van der Waals surface area contributed by atoms with Crippen molar-refractivity contribution in [2.45, 2.75) is 38.0 Å². The molecule has 5 nitrogen and oxygen atoms in total. The molecular weight excluding hydrogens is 372 g/mol. The molecule has 30 heavy (non-hydrogen) atoms. The molecule has 1 aliphatic rings. The van der Waals surface area contributed by atoms with Crippen LogP contribution in [0.5, 0.6) is 0 Å². The number of hydrogen-bond donors (Lipinski definition) is 2. The van der Waals surface area contributed by atoms with Crippen molar-refractivity contribution in [2.75, 3.05) is 5.32 Å².